The van der Waals surface area contributed by atoms with Crippen molar-refractivity contribution in [2.24, 2.45) is 0 Å². The minimum absolute atomic E-state index is 0.268. The van der Waals surface area contributed by atoms with E-state index >= 15 is 0 Å². The third-order valence-corrected chi connectivity index (χ3v) is 1.60. The molecule has 0 aromatic rings. The predicted molar refractivity (Wildman–Crippen MR) is 49.7 cm³/mol. The fraction of sp³-hybridized carbons (Fsp3) is 0.700. The summed E-state index contributed by atoms with van der Waals surface area (Å²) in [5.74, 6) is 0.328. The molecule has 0 saturated carbocycles. The van der Waals surface area contributed by atoms with Crippen LogP contribution in [0, 0.1) is 0 Å². The van der Waals surface area contributed by atoms with Crippen molar-refractivity contribution < 1.29 is 9.53 Å². The smallest absolute Gasteiger partial charge is 0.307 e. The number of esters is 1. The Hall–Kier alpha value is -0.790. The van der Waals surface area contributed by atoms with Gasteiger partial charge in [0, 0.05) is 13.3 Å². The topological polar surface area (TPSA) is 26.3 Å². The molecule has 2 heteroatoms. The predicted octanol–water partition coefficient (Wildman–Crippen LogP) is 3.03. The first-order chi connectivity index (χ1) is 5.66. The summed E-state index contributed by atoms with van der Waals surface area (Å²) in [5, 5.41) is 0. The second-order valence-corrected chi connectivity index (χ2v) is 2.94. The molecule has 2 nitrogen and oxygen atoms in total. The van der Waals surface area contributed by atoms with Gasteiger partial charge in [0.25, 0.3) is 0 Å². The molecule has 70 valence electrons. The Morgan fingerprint density at radius 2 is 2.00 bits per heavy atom. The van der Waals surface area contributed by atoms with Gasteiger partial charge in [-0.1, -0.05) is 32.8 Å². The van der Waals surface area contributed by atoms with Crippen molar-refractivity contribution in [3.8, 4) is 0 Å². The van der Waals surface area contributed by atoms with Gasteiger partial charge in [-0.2, -0.15) is 0 Å². The Morgan fingerprint density at radius 3 is 2.50 bits per heavy atom. The largest absolute Gasteiger partial charge is 0.432 e. The van der Waals surface area contributed by atoms with Crippen molar-refractivity contribution in [1.29, 1.82) is 0 Å². The highest BCUT2D eigenvalue weighted by Gasteiger charge is 1.98. The van der Waals surface area contributed by atoms with Crippen LogP contribution in [0.3, 0.4) is 0 Å². The fourth-order valence-corrected chi connectivity index (χ4v) is 1.00. The molecular weight excluding hydrogens is 152 g/mol. The van der Waals surface area contributed by atoms with Gasteiger partial charge >= 0.3 is 5.97 Å². The summed E-state index contributed by atoms with van der Waals surface area (Å²) in [7, 11) is 0. The van der Waals surface area contributed by atoms with Crippen molar-refractivity contribution in [3.05, 3.63) is 12.3 Å². The number of carbonyl (C=O) groups excluding carboxylic acids is 1. The SMILES string of the molecule is C=C(CCCCCC)OC(C)=O. The molecule has 0 fully saturated rings. The zero-order valence-electron chi connectivity index (χ0n) is 8.06. The van der Waals surface area contributed by atoms with E-state index in [0.717, 1.165) is 12.8 Å². The second-order valence-electron chi connectivity index (χ2n) is 2.94. The molecule has 0 spiro atoms. The van der Waals surface area contributed by atoms with E-state index < -0.39 is 0 Å². The second kappa shape index (κ2) is 6.89. The molecule has 0 aromatic carbocycles. The Labute approximate surface area is 74.6 Å². The highest BCUT2D eigenvalue weighted by atomic mass is 16.5. The van der Waals surface area contributed by atoms with E-state index in [0.29, 0.717) is 5.76 Å². The number of carbonyl (C=O) groups is 1. The number of ether oxygens (including phenoxy) is 1. The van der Waals surface area contributed by atoms with Crippen molar-refractivity contribution in [1.82, 2.24) is 0 Å². The van der Waals surface area contributed by atoms with Gasteiger partial charge in [-0.3, -0.25) is 4.79 Å². The molecular formula is C10H18O2. The number of unbranched alkanes of at least 4 members (excludes halogenated alkanes) is 3. The number of rotatable bonds is 6. The van der Waals surface area contributed by atoms with Crippen LogP contribution in [0.15, 0.2) is 12.3 Å². The highest BCUT2D eigenvalue weighted by molar-refractivity contribution is 5.67. The van der Waals surface area contributed by atoms with Crippen LogP contribution in [0.5, 0.6) is 0 Å². The molecule has 0 N–H and O–H groups in total. The van der Waals surface area contributed by atoms with E-state index in [9.17, 15) is 4.79 Å². The summed E-state index contributed by atoms with van der Waals surface area (Å²) in [6, 6.07) is 0. The molecule has 0 atom stereocenters. The van der Waals surface area contributed by atoms with Gasteiger partial charge < -0.3 is 4.74 Å². The lowest BCUT2D eigenvalue weighted by Crippen LogP contribution is -1.97. The van der Waals surface area contributed by atoms with Crippen molar-refractivity contribution in [2.75, 3.05) is 0 Å². The van der Waals surface area contributed by atoms with Gasteiger partial charge in [0.05, 0.1) is 0 Å². The fourth-order valence-electron chi connectivity index (χ4n) is 1.00. The third-order valence-electron chi connectivity index (χ3n) is 1.60. The van der Waals surface area contributed by atoms with Crippen LogP contribution in [0.4, 0.5) is 0 Å². The molecule has 0 amide bonds. The number of hydrogen-bond donors (Lipinski definition) is 0. The van der Waals surface area contributed by atoms with Crippen LogP contribution < -0.4 is 0 Å². The quantitative estimate of drug-likeness (QED) is 0.348. The Balaban J connectivity index is 3.26. The lowest BCUT2D eigenvalue weighted by molar-refractivity contribution is -0.137. The molecule has 0 saturated heterocycles. The minimum atomic E-state index is -0.268. The summed E-state index contributed by atoms with van der Waals surface area (Å²) in [4.78, 5) is 10.5. The first-order valence-electron chi connectivity index (χ1n) is 4.53. The Bertz CT molecular complexity index is 150. The normalized spacial score (nSPS) is 9.50. The maximum Gasteiger partial charge on any atom is 0.307 e. The molecule has 0 aliphatic rings. The first-order valence-corrected chi connectivity index (χ1v) is 4.53. The molecule has 0 unspecified atom stereocenters. The summed E-state index contributed by atoms with van der Waals surface area (Å²) in [6.07, 6.45) is 5.53. The highest BCUT2D eigenvalue weighted by Crippen LogP contribution is 2.09. The van der Waals surface area contributed by atoms with Crippen molar-refractivity contribution in [2.45, 2.75) is 46.0 Å². The van der Waals surface area contributed by atoms with Crippen LogP contribution >= 0.6 is 0 Å². The molecule has 0 aliphatic carbocycles. The summed E-state index contributed by atoms with van der Waals surface area (Å²) in [5.41, 5.74) is 0. The average molecular weight is 170 g/mol. The van der Waals surface area contributed by atoms with Gasteiger partial charge in [-0.15, -0.1) is 0 Å². The summed E-state index contributed by atoms with van der Waals surface area (Å²) in [6.45, 7) is 7.22. The first kappa shape index (κ1) is 11.2. The maximum atomic E-state index is 10.5. The zero-order chi connectivity index (χ0) is 9.40. The standard InChI is InChI=1S/C10H18O2/c1-4-5-6-7-8-9(2)12-10(3)11/h2,4-8H2,1,3H3. The van der Waals surface area contributed by atoms with Crippen LogP contribution in [0.1, 0.15) is 46.0 Å². The van der Waals surface area contributed by atoms with Crippen molar-refractivity contribution >= 4 is 5.97 Å². The number of allylic oxidation sites excluding steroid dienone is 1. The van der Waals surface area contributed by atoms with E-state index in [1.54, 1.807) is 0 Å². The van der Waals surface area contributed by atoms with Crippen LogP contribution in [-0.4, -0.2) is 5.97 Å². The van der Waals surface area contributed by atoms with E-state index in [1.165, 1.54) is 26.2 Å². The number of hydrogen-bond acceptors (Lipinski definition) is 2. The molecule has 0 bridgehead atoms. The Morgan fingerprint density at radius 1 is 1.33 bits per heavy atom. The molecule has 0 rings (SSSR count). The van der Waals surface area contributed by atoms with E-state index in [1.807, 2.05) is 0 Å². The molecule has 0 aliphatic heterocycles. The minimum Gasteiger partial charge on any atom is -0.432 e. The third kappa shape index (κ3) is 7.32. The summed E-state index contributed by atoms with van der Waals surface area (Å²) >= 11 is 0. The lowest BCUT2D eigenvalue weighted by Gasteiger charge is -2.03. The van der Waals surface area contributed by atoms with Crippen LogP contribution in [0.25, 0.3) is 0 Å². The van der Waals surface area contributed by atoms with Gasteiger partial charge in [-0.25, -0.2) is 0 Å². The van der Waals surface area contributed by atoms with Gasteiger partial charge in [-0.05, 0) is 6.42 Å². The van der Waals surface area contributed by atoms with E-state index in [-0.39, 0.29) is 5.97 Å². The zero-order valence-corrected chi connectivity index (χ0v) is 8.06. The molecule has 0 heterocycles. The molecule has 0 aromatic heterocycles. The molecule has 12 heavy (non-hydrogen) atoms. The van der Waals surface area contributed by atoms with Gasteiger partial charge in [0.1, 0.15) is 5.76 Å². The maximum absolute atomic E-state index is 10.5. The van der Waals surface area contributed by atoms with Crippen LogP contribution in [0.2, 0.25) is 0 Å². The van der Waals surface area contributed by atoms with Crippen molar-refractivity contribution in [3.63, 3.8) is 0 Å². The molecule has 0 radical (unpaired) electrons. The monoisotopic (exact) mass is 170 g/mol. The van der Waals surface area contributed by atoms with E-state index in [4.69, 9.17) is 4.74 Å². The average Bonchev–Trinajstić information content (AvgIpc) is 1.97. The summed E-state index contributed by atoms with van der Waals surface area (Å²) < 4.78 is 4.80. The Kier molecular flexibility index (Phi) is 6.44. The van der Waals surface area contributed by atoms with Gasteiger partial charge in [0.2, 0.25) is 0 Å². The van der Waals surface area contributed by atoms with Crippen LogP contribution in [-0.2, 0) is 9.53 Å². The van der Waals surface area contributed by atoms with Gasteiger partial charge in [0.15, 0.2) is 0 Å². The lowest BCUT2D eigenvalue weighted by atomic mass is 10.1. The van der Waals surface area contributed by atoms with E-state index in [2.05, 4.69) is 13.5 Å².